The second-order valence-corrected chi connectivity index (χ2v) is 5.84. The Bertz CT molecular complexity index is 632. The summed E-state index contributed by atoms with van der Waals surface area (Å²) >= 11 is 11.1. The van der Waals surface area contributed by atoms with Crippen LogP contribution in [0.4, 0.5) is 5.69 Å². The first kappa shape index (κ1) is 17.4. The molecule has 0 saturated heterocycles. The number of ether oxygens (including phenoxy) is 2. The maximum Gasteiger partial charge on any atom is 0.171 e. The van der Waals surface area contributed by atoms with E-state index in [1.807, 2.05) is 55.5 Å². The Hall–Kier alpha value is -1.98. The smallest absolute Gasteiger partial charge is 0.171 e. The van der Waals surface area contributed by atoms with Gasteiger partial charge in [-0.3, -0.25) is 0 Å². The van der Waals surface area contributed by atoms with E-state index in [4.69, 9.17) is 33.3 Å². The fourth-order valence-electron chi connectivity index (χ4n) is 1.86. The van der Waals surface area contributed by atoms with Crippen LogP contribution in [0.5, 0.6) is 11.5 Å². The molecule has 0 unspecified atom stereocenters. The molecule has 0 spiro atoms. The highest BCUT2D eigenvalue weighted by molar-refractivity contribution is 7.80. The predicted octanol–water partition coefficient (Wildman–Crippen LogP) is 4.10. The van der Waals surface area contributed by atoms with Crippen LogP contribution in [0.3, 0.4) is 0 Å². The number of hydrogen-bond donors (Lipinski definition) is 2. The molecule has 0 bridgehead atoms. The standard InChI is InChI=1S/C17H19ClN2O2S/c1-12(11-22-16-9-7-15(21-2)8-10-16)19-17(23)20-14-5-3-13(18)4-6-14/h3-10,12H,11H2,1-2H3,(H2,19,20,23)/t12-/m1/s1. The van der Waals surface area contributed by atoms with Crippen molar-refractivity contribution >= 4 is 34.6 Å². The van der Waals surface area contributed by atoms with E-state index in [2.05, 4.69) is 10.6 Å². The molecule has 0 fully saturated rings. The number of thiocarbonyl (C=S) groups is 1. The molecule has 0 heterocycles. The first-order chi connectivity index (χ1) is 11.1. The number of nitrogens with one attached hydrogen (secondary N) is 2. The molecule has 0 amide bonds. The first-order valence-corrected chi connectivity index (χ1v) is 7.95. The fourth-order valence-corrected chi connectivity index (χ4v) is 2.30. The summed E-state index contributed by atoms with van der Waals surface area (Å²) in [5.41, 5.74) is 0.884. The Morgan fingerprint density at radius 1 is 1.09 bits per heavy atom. The van der Waals surface area contributed by atoms with Crippen molar-refractivity contribution in [3.63, 3.8) is 0 Å². The van der Waals surface area contributed by atoms with Crippen LogP contribution in [0.1, 0.15) is 6.92 Å². The Morgan fingerprint density at radius 2 is 1.70 bits per heavy atom. The van der Waals surface area contributed by atoms with Crippen LogP contribution in [-0.2, 0) is 0 Å². The third-order valence-electron chi connectivity index (χ3n) is 3.04. The summed E-state index contributed by atoms with van der Waals surface area (Å²) in [6.45, 7) is 2.49. The second kappa shape index (κ2) is 8.60. The molecule has 2 aromatic carbocycles. The lowest BCUT2D eigenvalue weighted by Crippen LogP contribution is -2.39. The van der Waals surface area contributed by atoms with E-state index in [1.54, 1.807) is 7.11 Å². The summed E-state index contributed by atoms with van der Waals surface area (Å²) in [5.74, 6) is 1.59. The second-order valence-electron chi connectivity index (χ2n) is 4.99. The van der Waals surface area contributed by atoms with Gasteiger partial charge in [0.05, 0.1) is 13.2 Å². The van der Waals surface area contributed by atoms with Gasteiger partial charge in [-0.2, -0.15) is 0 Å². The van der Waals surface area contributed by atoms with Gasteiger partial charge < -0.3 is 20.1 Å². The molecule has 2 aromatic rings. The molecule has 6 heteroatoms. The fraction of sp³-hybridized carbons (Fsp3) is 0.235. The van der Waals surface area contributed by atoms with Crippen molar-refractivity contribution in [1.29, 1.82) is 0 Å². The van der Waals surface area contributed by atoms with Crippen LogP contribution in [0.15, 0.2) is 48.5 Å². The van der Waals surface area contributed by atoms with Crippen molar-refractivity contribution in [1.82, 2.24) is 5.32 Å². The van der Waals surface area contributed by atoms with E-state index in [0.29, 0.717) is 16.7 Å². The number of rotatable bonds is 6. The van der Waals surface area contributed by atoms with Gasteiger partial charge in [0.2, 0.25) is 0 Å². The number of methoxy groups -OCH3 is 1. The minimum Gasteiger partial charge on any atom is -0.497 e. The lowest BCUT2D eigenvalue weighted by molar-refractivity contribution is 0.286. The monoisotopic (exact) mass is 350 g/mol. The molecule has 2 rings (SSSR count). The summed E-state index contributed by atoms with van der Waals surface area (Å²) < 4.78 is 10.8. The molecule has 4 nitrogen and oxygen atoms in total. The molecule has 0 saturated carbocycles. The van der Waals surface area contributed by atoms with Gasteiger partial charge in [-0.05, 0) is 67.7 Å². The zero-order valence-corrected chi connectivity index (χ0v) is 14.6. The van der Waals surface area contributed by atoms with E-state index in [9.17, 15) is 0 Å². The topological polar surface area (TPSA) is 42.5 Å². The van der Waals surface area contributed by atoms with Gasteiger partial charge >= 0.3 is 0 Å². The van der Waals surface area contributed by atoms with Crippen molar-refractivity contribution in [2.75, 3.05) is 19.0 Å². The van der Waals surface area contributed by atoms with Gasteiger partial charge in [0.1, 0.15) is 18.1 Å². The largest absolute Gasteiger partial charge is 0.497 e. The lowest BCUT2D eigenvalue weighted by atomic mass is 10.3. The summed E-state index contributed by atoms with van der Waals surface area (Å²) in [4.78, 5) is 0. The highest BCUT2D eigenvalue weighted by Gasteiger charge is 2.06. The van der Waals surface area contributed by atoms with Crippen molar-refractivity contribution < 1.29 is 9.47 Å². The van der Waals surface area contributed by atoms with Crippen LogP contribution in [-0.4, -0.2) is 24.9 Å². The van der Waals surface area contributed by atoms with Crippen molar-refractivity contribution in [2.45, 2.75) is 13.0 Å². The average molecular weight is 351 g/mol. The van der Waals surface area contributed by atoms with Crippen LogP contribution in [0.25, 0.3) is 0 Å². The van der Waals surface area contributed by atoms with E-state index < -0.39 is 0 Å². The van der Waals surface area contributed by atoms with E-state index >= 15 is 0 Å². The number of benzene rings is 2. The Labute approximate surface area is 146 Å². The molecule has 122 valence electrons. The molecule has 0 aliphatic carbocycles. The number of anilines is 1. The van der Waals surface area contributed by atoms with E-state index in [1.165, 1.54) is 0 Å². The lowest BCUT2D eigenvalue weighted by Gasteiger charge is -2.17. The van der Waals surface area contributed by atoms with Crippen LogP contribution >= 0.6 is 23.8 Å². The highest BCUT2D eigenvalue weighted by Crippen LogP contribution is 2.17. The van der Waals surface area contributed by atoms with Crippen molar-refractivity contribution in [3.05, 3.63) is 53.6 Å². The predicted molar refractivity (Wildman–Crippen MR) is 98.8 cm³/mol. The third kappa shape index (κ3) is 5.96. The van der Waals surface area contributed by atoms with Gasteiger partial charge in [0, 0.05) is 10.7 Å². The van der Waals surface area contributed by atoms with Crippen LogP contribution < -0.4 is 20.1 Å². The summed E-state index contributed by atoms with van der Waals surface area (Å²) in [6, 6.07) is 14.9. The molecule has 0 aromatic heterocycles. The molecule has 0 aliphatic rings. The Kier molecular flexibility index (Phi) is 6.50. The quantitative estimate of drug-likeness (QED) is 0.768. The third-order valence-corrected chi connectivity index (χ3v) is 3.51. The van der Waals surface area contributed by atoms with E-state index in [-0.39, 0.29) is 6.04 Å². The maximum absolute atomic E-state index is 5.85. The molecule has 0 radical (unpaired) electrons. The number of hydrogen-bond acceptors (Lipinski definition) is 3. The zero-order valence-electron chi connectivity index (χ0n) is 13.0. The Morgan fingerprint density at radius 3 is 2.30 bits per heavy atom. The van der Waals surface area contributed by atoms with Gasteiger partial charge in [0.25, 0.3) is 0 Å². The number of halogens is 1. The highest BCUT2D eigenvalue weighted by atomic mass is 35.5. The van der Waals surface area contributed by atoms with Gasteiger partial charge in [-0.25, -0.2) is 0 Å². The minimum atomic E-state index is 0.0596. The first-order valence-electron chi connectivity index (χ1n) is 7.17. The molecule has 1 atom stereocenters. The molecule has 2 N–H and O–H groups in total. The summed E-state index contributed by atoms with van der Waals surface area (Å²) in [5, 5.41) is 7.51. The summed E-state index contributed by atoms with van der Waals surface area (Å²) in [6.07, 6.45) is 0. The van der Waals surface area contributed by atoms with Gasteiger partial charge in [-0.1, -0.05) is 11.6 Å². The maximum atomic E-state index is 5.85. The molecule has 0 aliphatic heterocycles. The normalized spacial score (nSPS) is 11.4. The van der Waals surface area contributed by atoms with E-state index in [0.717, 1.165) is 17.2 Å². The minimum absolute atomic E-state index is 0.0596. The molecular weight excluding hydrogens is 332 g/mol. The van der Waals surface area contributed by atoms with Crippen LogP contribution in [0, 0.1) is 0 Å². The van der Waals surface area contributed by atoms with Crippen molar-refractivity contribution in [2.24, 2.45) is 0 Å². The van der Waals surface area contributed by atoms with Gasteiger partial charge in [-0.15, -0.1) is 0 Å². The van der Waals surface area contributed by atoms with Crippen molar-refractivity contribution in [3.8, 4) is 11.5 Å². The summed E-state index contributed by atoms with van der Waals surface area (Å²) in [7, 11) is 1.64. The Balaban J connectivity index is 1.75. The van der Waals surface area contributed by atoms with Gasteiger partial charge in [0.15, 0.2) is 5.11 Å². The molecule has 23 heavy (non-hydrogen) atoms. The van der Waals surface area contributed by atoms with Crippen LogP contribution in [0.2, 0.25) is 5.02 Å². The molecular formula is C17H19ClN2O2S. The average Bonchev–Trinajstić information content (AvgIpc) is 2.55. The SMILES string of the molecule is COc1ccc(OC[C@@H](C)NC(=S)Nc2ccc(Cl)cc2)cc1. The zero-order chi connectivity index (χ0) is 16.7.